The van der Waals surface area contributed by atoms with Crippen LogP contribution in [0.5, 0.6) is 0 Å². The van der Waals surface area contributed by atoms with E-state index in [-0.39, 0.29) is 23.2 Å². The van der Waals surface area contributed by atoms with Crippen LogP contribution in [0.2, 0.25) is 0 Å². The van der Waals surface area contributed by atoms with Gasteiger partial charge in [-0.3, -0.25) is 19.7 Å². The van der Waals surface area contributed by atoms with Crippen molar-refractivity contribution < 1.29 is 14.5 Å². The normalized spacial score (nSPS) is 20.5. The molecule has 0 bridgehead atoms. The number of nitro groups is 1. The minimum absolute atomic E-state index is 0.149. The lowest BCUT2D eigenvalue weighted by atomic mass is 9.87. The number of hydrogen-bond acceptors (Lipinski definition) is 5. The third kappa shape index (κ3) is 6.53. The van der Waals surface area contributed by atoms with Crippen LogP contribution in [0.15, 0.2) is 24.3 Å². The number of benzene rings is 1. The van der Waals surface area contributed by atoms with Gasteiger partial charge in [0.15, 0.2) is 0 Å². The second-order valence-corrected chi connectivity index (χ2v) is 8.07. The molecule has 0 saturated heterocycles. The van der Waals surface area contributed by atoms with Crippen molar-refractivity contribution in [1.82, 2.24) is 10.6 Å². The van der Waals surface area contributed by atoms with Crippen molar-refractivity contribution in [1.29, 1.82) is 0 Å². The van der Waals surface area contributed by atoms with Gasteiger partial charge >= 0.3 is 0 Å². The number of thioether (sulfide) groups is 1. The Morgan fingerprint density at radius 2 is 2.00 bits per heavy atom. The number of carbonyl (C=O) groups is 2. The quantitative estimate of drug-likeness (QED) is 0.522. The Hall–Kier alpha value is -2.09. The maximum atomic E-state index is 12.7. The fraction of sp³-hybridized carbons (Fsp3) is 0.579. The van der Waals surface area contributed by atoms with Crippen molar-refractivity contribution in [3.05, 3.63) is 39.9 Å². The molecule has 0 radical (unpaired) electrons. The number of nitrogens with one attached hydrogen (secondary N) is 2. The average molecular weight is 394 g/mol. The third-order valence-electron chi connectivity index (χ3n) is 4.91. The molecule has 0 aliphatic heterocycles. The molecule has 2 amide bonds. The molecule has 1 aliphatic carbocycles. The van der Waals surface area contributed by atoms with Gasteiger partial charge in [0.05, 0.1) is 4.92 Å². The molecule has 1 aliphatic rings. The molecule has 1 fully saturated rings. The number of hydrogen-bond donors (Lipinski definition) is 2. The first kappa shape index (κ1) is 21.2. The van der Waals surface area contributed by atoms with E-state index in [2.05, 4.69) is 17.6 Å². The van der Waals surface area contributed by atoms with Crippen LogP contribution in [-0.4, -0.2) is 40.8 Å². The number of nitrogens with zero attached hydrogens (tertiary/aromatic N) is 1. The van der Waals surface area contributed by atoms with Gasteiger partial charge in [0.2, 0.25) is 5.91 Å². The van der Waals surface area contributed by atoms with E-state index in [1.807, 2.05) is 6.26 Å². The van der Waals surface area contributed by atoms with Crippen molar-refractivity contribution in [2.75, 3.05) is 12.0 Å². The molecule has 0 spiro atoms. The van der Waals surface area contributed by atoms with E-state index in [0.717, 1.165) is 31.4 Å². The summed E-state index contributed by atoms with van der Waals surface area (Å²) in [7, 11) is 0. The van der Waals surface area contributed by atoms with Crippen LogP contribution in [0.1, 0.15) is 49.4 Å². The van der Waals surface area contributed by atoms with Crippen LogP contribution in [0.25, 0.3) is 0 Å². The van der Waals surface area contributed by atoms with Gasteiger partial charge in [0.25, 0.3) is 11.6 Å². The molecule has 1 aromatic rings. The highest BCUT2D eigenvalue weighted by Crippen LogP contribution is 2.23. The molecule has 0 heterocycles. The maximum absolute atomic E-state index is 12.7. The van der Waals surface area contributed by atoms with E-state index in [9.17, 15) is 19.7 Å². The molecule has 2 N–H and O–H groups in total. The molecule has 27 heavy (non-hydrogen) atoms. The molecular formula is C19H27N3O4S. The Morgan fingerprint density at radius 1 is 1.30 bits per heavy atom. The van der Waals surface area contributed by atoms with Crippen LogP contribution < -0.4 is 10.6 Å². The van der Waals surface area contributed by atoms with Crippen LogP contribution in [0.3, 0.4) is 0 Å². The zero-order chi connectivity index (χ0) is 19.8. The number of nitro benzene ring substituents is 1. The average Bonchev–Trinajstić information content (AvgIpc) is 2.66. The minimum Gasteiger partial charge on any atom is -0.352 e. The SMILES string of the molecule is CSCCC(NC(=O)c1cccc([N+](=O)[O-])c1)C(=O)NC1CCC(C)CC1. The van der Waals surface area contributed by atoms with Gasteiger partial charge in [0, 0.05) is 23.7 Å². The Labute approximate surface area is 163 Å². The summed E-state index contributed by atoms with van der Waals surface area (Å²) < 4.78 is 0. The van der Waals surface area contributed by atoms with Crippen molar-refractivity contribution in [2.45, 2.75) is 51.1 Å². The summed E-state index contributed by atoms with van der Waals surface area (Å²) >= 11 is 1.60. The van der Waals surface area contributed by atoms with Crippen molar-refractivity contribution in [2.24, 2.45) is 5.92 Å². The predicted molar refractivity (Wildman–Crippen MR) is 107 cm³/mol. The maximum Gasteiger partial charge on any atom is 0.270 e. The van der Waals surface area contributed by atoms with E-state index in [1.54, 1.807) is 11.8 Å². The highest BCUT2D eigenvalue weighted by Gasteiger charge is 2.26. The molecule has 2 rings (SSSR count). The molecular weight excluding hydrogens is 366 g/mol. The molecule has 1 unspecified atom stereocenters. The van der Waals surface area contributed by atoms with Crippen molar-refractivity contribution >= 4 is 29.3 Å². The monoisotopic (exact) mass is 393 g/mol. The van der Waals surface area contributed by atoms with Gasteiger partial charge in [0.1, 0.15) is 6.04 Å². The van der Waals surface area contributed by atoms with Crippen LogP contribution in [-0.2, 0) is 4.79 Å². The Kier molecular flexibility index (Phi) is 8.09. The molecule has 1 atom stereocenters. The lowest BCUT2D eigenvalue weighted by Crippen LogP contribution is -2.50. The molecule has 1 aromatic carbocycles. The second-order valence-electron chi connectivity index (χ2n) is 7.08. The predicted octanol–water partition coefficient (Wildman–Crippen LogP) is 3.14. The highest BCUT2D eigenvalue weighted by atomic mass is 32.2. The van der Waals surface area contributed by atoms with Gasteiger partial charge in [-0.1, -0.05) is 13.0 Å². The zero-order valence-corrected chi connectivity index (χ0v) is 16.6. The summed E-state index contributed by atoms with van der Waals surface area (Å²) in [6, 6.07) is 5.03. The van der Waals surface area contributed by atoms with Crippen LogP contribution in [0.4, 0.5) is 5.69 Å². The van der Waals surface area contributed by atoms with Crippen LogP contribution in [0, 0.1) is 16.0 Å². The summed E-state index contributed by atoms with van der Waals surface area (Å²) in [5.74, 6) is 0.772. The number of rotatable bonds is 8. The number of carbonyl (C=O) groups excluding carboxylic acids is 2. The molecule has 148 valence electrons. The lowest BCUT2D eigenvalue weighted by Gasteiger charge is -2.28. The van der Waals surface area contributed by atoms with Gasteiger partial charge in [-0.25, -0.2) is 0 Å². The zero-order valence-electron chi connectivity index (χ0n) is 15.8. The summed E-state index contributed by atoms with van der Waals surface area (Å²) in [6.45, 7) is 2.22. The molecule has 7 nitrogen and oxygen atoms in total. The van der Waals surface area contributed by atoms with Gasteiger partial charge in [-0.2, -0.15) is 11.8 Å². The van der Waals surface area contributed by atoms with Gasteiger partial charge < -0.3 is 10.6 Å². The first-order chi connectivity index (χ1) is 12.9. The Bertz CT molecular complexity index is 675. The first-order valence-corrected chi connectivity index (χ1v) is 10.6. The van der Waals surface area contributed by atoms with Gasteiger partial charge in [-0.05, 0) is 56.1 Å². The minimum atomic E-state index is -0.649. The summed E-state index contributed by atoms with van der Waals surface area (Å²) in [4.78, 5) is 35.6. The van der Waals surface area contributed by atoms with Crippen LogP contribution >= 0.6 is 11.8 Å². The number of amides is 2. The summed E-state index contributed by atoms with van der Waals surface area (Å²) in [5, 5.41) is 16.7. The van der Waals surface area contributed by atoms with E-state index >= 15 is 0 Å². The van der Waals surface area contributed by atoms with E-state index in [1.165, 1.54) is 24.3 Å². The third-order valence-corrected chi connectivity index (χ3v) is 5.56. The molecule has 8 heteroatoms. The Balaban J connectivity index is 2.02. The fourth-order valence-electron chi connectivity index (χ4n) is 3.21. The van der Waals surface area contributed by atoms with E-state index in [4.69, 9.17) is 0 Å². The number of non-ortho nitro benzene ring substituents is 1. The molecule has 1 saturated carbocycles. The smallest absolute Gasteiger partial charge is 0.270 e. The van der Waals surface area contributed by atoms with E-state index < -0.39 is 16.9 Å². The van der Waals surface area contributed by atoms with E-state index in [0.29, 0.717) is 12.3 Å². The first-order valence-electron chi connectivity index (χ1n) is 9.25. The standard InChI is InChI=1S/C19H27N3O4S/c1-13-6-8-15(9-7-13)20-19(24)17(10-11-27-2)21-18(23)14-4-3-5-16(12-14)22(25)26/h3-5,12-13,15,17H,6-11H2,1-2H3,(H,20,24)(H,21,23). The summed E-state index contributed by atoms with van der Waals surface area (Å²) in [5.41, 5.74) is 0.0294. The topological polar surface area (TPSA) is 101 Å². The Morgan fingerprint density at radius 3 is 2.63 bits per heavy atom. The largest absolute Gasteiger partial charge is 0.352 e. The molecule has 0 aromatic heterocycles. The summed E-state index contributed by atoms with van der Waals surface area (Å²) in [6.07, 6.45) is 6.57. The second kappa shape index (κ2) is 10.3. The fourth-order valence-corrected chi connectivity index (χ4v) is 3.68. The highest BCUT2D eigenvalue weighted by molar-refractivity contribution is 7.98. The van der Waals surface area contributed by atoms with Crippen molar-refractivity contribution in [3.63, 3.8) is 0 Å². The van der Waals surface area contributed by atoms with Gasteiger partial charge in [-0.15, -0.1) is 0 Å². The lowest BCUT2D eigenvalue weighted by molar-refractivity contribution is -0.384. The van der Waals surface area contributed by atoms with Crippen molar-refractivity contribution in [3.8, 4) is 0 Å².